The summed E-state index contributed by atoms with van der Waals surface area (Å²) >= 11 is 0. The van der Waals surface area contributed by atoms with E-state index in [9.17, 15) is 4.39 Å². The molecule has 0 spiro atoms. The maximum absolute atomic E-state index is 13.6. The molecule has 1 aliphatic heterocycles. The summed E-state index contributed by atoms with van der Waals surface area (Å²) in [5, 5.41) is 2.42. The van der Waals surface area contributed by atoms with Crippen molar-refractivity contribution >= 4 is 0 Å². The number of nitrogens with one attached hydrogen (secondary N) is 1. The van der Waals surface area contributed by atoms with Gasteiger partial charge in [-0.15, -0.1) is 0 Å². The van der Waals surface area contributed by atoms with Crippen LogP contribution in [0.3, 0.4) is 0 Å². The molecular formula is C20H27FN2+2. The predicted molar refractivity (Wildman–Crippen MR) is 90.8 cm³/mol. The Bertz CT molecular complexity index is 592. The van der Waals surface area contributed by atoms with E-state index in [-0.39, 0.29) is 5.82 Å². The molecule has 0 bridgehead atoms. The molecule has 2 aromatic carbocycles. The van der Waals surface area contributed by atoms with Crippen molar-refractivity contribution in [1.29, 1.82) is 0 Å². The van der Waals surface area contributed by atoms with E-state index < -0.39 is 0 Å². The van der Waals surface area contributed by atoms with E-state index in [1.807, 2.05) is 12.1 Å². The fraction of sp³-hybridized carbons (Fsp3) is 0.400. The Kier molecular flexibility index (Phi) is 5.78. The molecule has 3 rings (SSSR count). The van der Waals surface area contributed by atoms with Gasteiger partial charge in [-0.3, -0.25) is 0 Å². The van der Waals surface area contributed by atoms with Crippen molar-refractivity contribution in [2.75, 3.05) is 19.6 Å². The van der Waals surface area contributed by atoms with Gasteiger partial charge >= 0.3 is 0 Å². The van der Waals surface area contributed by atoms with Gasteiger partial charge in [-0.1, -0.05) is 48.5 Å². The number of hydrogen-bond acceptors (Lipinski definition) is 0. The van der Waals surface area contributed by atoms with Crippen molar-refractivity contribution in [1.82, 2.24) is 0 Å². The third kappa shape index (κ3) is 4.88. The van der Waals surface area contributed by atoms with Crippen LogP contribution >= 0.6 is 0 Å². The summed E-state index contributed by atoms with van der Waals surface area (Å²) in [4.78, 5) is 1.69. The Morgan fingerprint density at radius 3 is 2.39 bits per heavy atom. The largest absolute Gasteiger partial charge is 0.343 e. The van der Waals surface area contributed by atoms with Gasteiger partial charge in [-0.25, -0.2) is 4.39 Å². The second kappa shape index (κ2) is 8.23. The van der Waals surface area contributed by atoms with Crippen LogP contribution in [0.1, 0.15) is 24.0 Å². The summed E-state index contributed by atoms with van der Waals surface area (Å²) in [5.74, 6) is -0.0666. The number of likely N-dealkylation sites (tertiary alicyclic amines) is 1. The van der Waals surface area contributed by atoms with Crippen LogP contribution in [-0.2, 0) is 13.0 Å². The molecule has 0 aliphatic carbocycles. The van der Waals surface area contributed by atoms with Crippen molar-refractivity contribution in [3.63, 3.8) is 0 Å². The van der Waals surface area contributed by atoms with Crippen molar-refractivity contribution in [3.05, 3.63) is 71.5 Å². The lowest BCUT2D eigenvalue weighted by Crippen LogP contribution is -3.13. The molecule has 0 unspecified atom stereocenters. The lowest BCUT2D eigenvalue weighted by atomic mass is 10.0. The average Bonchev–Trinajstić information content (AvgIpc) is 2.59. The summed E-state index contributed by atoms with van der Waals surface area (Å²) in [5.41, 5.74) is 2.28. The van der Waals surface area contributed by atoms with E-state index in [0.29, 0.717) is 6.04 Å². The third-order valence-corrected chi connectivity index (χ3v) is 4.91. The minimum Gasteiger partial charge on any atom is -0.343 e. The molecule has 1 heterocycles. The van der Waals surface area contributed by atoms with Gasteiger partial charge in [0.15, 0.2) is 0 Å². The summed E-state index contributed by atoms with van der Waals surface area (Å²) in [6.07, 6.45) is 3.35. The van der Waals surface area contributed by atoms with Crippen LogP contribution < -0.4 is 10.2 Å². The Labute approximate surface area is 138 Å². The fourth-order valence-corrected chi connectivity index (χ4v) is 3.52. The van der Waals surface area contributed by atoms with E-state index in [4.69, 9.17) is 0 Å². The first kappa shape index (κ1) is 16.2. The highest BCUT2D eigenvalue weighted by atomic mass is 19.1. The number of benzene rings is 2. The van der Waals surface area contributed by atoms with E-state index in [1.54, 1.807) is 17.0 Å². The quantitative estimate of drug-likeness (QED) is 0.799. The highest BCUT2D eigenvalue weighted by Crippen LogP contribution is 2.05. The van der Waals surface area contributed by atoms with Gasteiger partial charge in [0.1, 0.15) is 12.4 Å². The van der Waals surface area contributed by atoms with Gasteiger partial charge in [0.25, 0.3) is 0 Å². The predicted octanol–water partition coefficient (Wildman–Crippen LogP) is 1.18. The van der Waals surface area contributed by atoms with Crippen molar-refractivity contribution < 1.29 is 14.6 Å². The highest BCUT2D eigenvalue weighted by Gasteiger charge is 2.24. The van der Waals surface area contributed by atoms with Crippen molar-refractivity contribution in [2.24, 2.45) is 0 Å². The smallest absolute Gasteiger partial charge is 0.126 e. The van der Waals surface area contributed by atoms with Crippen LogP contribution in [0, 0.1) is 5.82 Å². The van der Waals surface area contributed by atoms with E-state index in [0.717, 1.165) is 25.1 Å². The minimum absolute atomic E-state index is 0.0666. The van der Waals surface area contributed by atoms with Crippen LogP contribution in [-0.4, -0.2) is 25.7 Å². The number of piperidine rings is 1. The number of hydrogen-bond donors (Lipinski definition) is 2. The first-order valence-corrected chi connectivity index (χ1v) is 8.75. The topological polar surface area (TPSA) is 21.1 Å². The molecule has 1 saturated heterocycles. The van der Waals surface area contributed by atoms with Gasteiger partial charge in [-0.2, -0.15) is 0 Å². The standard InChI is InChI=1S/C20H25FN2/c21-20-9-5-4-8-18(20)10-13-22-19-11-14-23(15-12-19)16-17-6-2-1-3-7-17/h1-9,19,22H,10-16H2/p+2. The monoisotopic (exact) mass is 314 g/mol. The molecule has 1 aliphatic rings. The zero-order valence-electron chi connectivity index (χ0n) is 13.7. The molecule has 0 amide bonds. The van der Waals surface area contributed by atoms with Gasteiger partial charge in [0, 0.05) is 24.8 Å². The summed E-state index contributed by atoms with van der Waals surface area (Å²) in [6, 6.07) is 18.6. The lowest BCUT2D eigenvalue weighted by molar-refractivity contribution is -0.926. The molecule has 122 valence electrons. The van der Waals surface area contributed by atoms with E-state index in [2.05, 4.69) is 35.6 Å². The summed E-state index contributed by atoms with van der Waals surface area (Å²) in [7, 11) is 0. The molecule has 2 nitrogen and oxygen atoms in total. The Hall–Kier alpha value is -1.71. The lowest BCUT2D eigenvalue weighted by Gasteiger charge is -2.28. The second-order valence-corrected chi connectivity index (χ2v) is 6.62. The zero-order chi connectivity index (χ0) is 15.9. The molecule has 0 saturated carbocycles. The van der Waals surface area contributed by atoms with Crippen LogP contribution in [0.15, 0.2) is 54.6 Å². The Morgan fingerprint density at radius 1 is 0.957 bits per heavy atom. The van der Waals surface area contributed by atoms with E-state index in [1.165, 1.54) is 31.5 Å². The fourth-order valence-electron chi connectivity index (χ4n) is 3.52. The van der Waals surface area contributed by atoms with Crippen LogP contribution in [0.4, 0.5) is 4.39 Å². The van der Waals surface area contributed by atoms with Gasteiger partial charge in [0.2, 0.25) is 0 Å². The molecule has 23 heavy (non-hydrogen) atoms. The molecule has 0 atom stereocenters. The molecule has 3 N–H and O–H groups in total. The van der Waals surface area contributed by atoms with Gasteiger partial charge in [0.05, 0.1) is 25.7 Å². The van der Waals surface area contributed by atoms with Crippen LogP contribution in [0.2, 0.25) is 0 Å². The zero-order valence-corrected chi connectivity index (χ0v) is 13.7. The Balaban J connectivity index is 1.37. The van der Waals surface area contributed by atoms with Crippen molar-refractivity contribution in [2.45, 2.75) is 31.8 Å². The molecule has 0 aromatic heterocycles. The molecule has 0 radical (unpaired) electrons. The molecule has 2 aromatic rings. The number of quaternary nitrogens is 2. The van der Waals surface area contributed by atoms with Crippen LogP contribution in [0.25, 0.3) is 0 Å². The molecular weight excluding hydrogens is 287 g/mol. The van der Waals surface area contributed by atoms with Gasteiger partial charge in [-0.05, 0) is 11.6 Å². The van der Waals surface area contributed by atoms with E-state index >= 15 is 0 Å². The SMILES string of the molecule is Fc1ccccc1CC[NH2+]C1CC[NH+](Cc2ccccc2)CC1. The van der Waals surface area contributed by atoms with Crippen molar-refractivity contribution in [3.8, 4) is 0 Å². The summed E-state index contributed by atoms with van der Waals surface area (Å²) in [6.45, 7) is 4.62. The molecule has 1 fully saturated rings. The first-order valence-electron chi connectivity index (χ1n) is 8.75. The van der Waals surface area contributed by atoms with Gasteiger partial charge < -0.3 is 10.2 Å². The Morgan fingerprint density at radius 2 is 1.65 bits per heavy atom. The second-order valence-electron chi connectivity index (χ2n) is 6.62. The average molecular weight is 314 g/mol. The maximum atomic E-state index is 13.6. The first-order chi connectivity index (χ1) is 11.3. The number of rotatable bonds is 6. The minimum atomic E-state index is -0.0666. The number of nitrogens with two attached hydrogens (primary N) is 1. The normalized spacial score (nSPS) is 21.3. The van der Waals surface area contributed by atoms with Crippen LogP contribution in [0.5, 0.6) is 0 Å². The third-order valence-electron chi connectivity index (χ3n) is 4.91. The highest BCUT2D eigenvalue weighted by molar-refractivity contribution is 5.17. The molecule has 3 heteroatoms. The number of halogens is 1. The summed E-state index contributed by atoms with van der Waals surface area (Å²) < 4.78 is 13.6. The maximum Gasteiger partial charge on any atom is 0.126 e.